The molecule has 2 heterocycles. The van der Waals surface area contributed by atoms with Crippen LogP contribution in [0.15, 0.2) is 53.3 Å². The highest BCUT2D eigenvalue weighted by Crippen LogP contribution is 2.28. The van der Waals surface area contributed by atoms with Crippen molar-refractivity contribution in [1.29, 1.82) is 0 Å². The third kappa shape index (κ3) is 4.64. The maximum absolute atomic E-state index is 12.8. The molecule has 0 aliphatic heterocycles. The molecule has 0 saturated carbocycles. The number of hydrogen-bond donors (Lipinski definition) is 2. The highest BCUT2D eigenvalue weighted by molar-refractivity contribution is 5.96. The Hall–Kier alpha value is -3.74. The third-order valence-electron chi connectivity index (χ3n) is 5.78. The molecule has 0 aliphatic rings. The summed E-state index contributed by atoms with van der Waals surface area (Å²) in [5, 5.41) is 16.4. The Morgan fingerprint density at radius 3 is 2.38 bits per heavy atom. The number of carboxylic acids is 1. The zero-order chi connectivity index (χ0) is 24.6. The number of imidazole rings is 1. The second-order valence-electron chi connectivity index (χ2n) is 10.2. The van der Waals surface area contributed by atoms with E-state index in [2.05, 4.69) is 31.0 Å². The van der Waals surface area contributed by atoms with Gasteiger partial charge in [-0.15, -0.1) is 0 Å². The average Bonchev–Trinajstić information content (AvgIpc) is 3.11. The van der Waals surface area contributed by atoms with Crippen molar-refractivity contribution in [3.8, 4) is 11.1 Å². The Morgan fingerprint density at radius 2 is 1.76 bits per heavy atom. The Balaban J connectivity index is 1.79. The predicted octanol–water partition coefficient (Wildman–Crippen LogP) is 5.25. The lowest BCUT2D eigenvalue weighted by Gasteiger charge is -2.19. The Morgan fingerprint density at radius 1 is 1.09 bits per heavy atom. The molecule has 0 saturated heterocycles. The first-order valence-electron chi connectivity index (χ1n) is 11.4. The van der Waals surface area contributed by atoms with Gasteiger partial charge in [0.25, 0.3) is 5.56 Å². The highest BCUT2D eigenvalue weighted by Gasteiger charge is 2.23. The van der Waals surface area contributed by atoms with Gasteiger partial charge < -0.3 is 9.67 Å². The second-order valence-corrected chi connectivity index (χ2v) is 10.2. The van der Waals surface area contributed by atoms with Crippen LogP contribution in [0.25, 0.3) is 22.2 Å². The summed E-state index contributed by atoms with van der Waals surface area (Å²) in [6, 6.07) is 14.8. The zero-order valence-electron chi connectivity index (χ0n) is 20.2. The monoisotopic (exact) mass is 458 g/mol. The van der Waals surface area contributed by atoms with Crippen LogP contribution < -0.4 is 5.56 Å². The van der Waals surface area contributed by atoms with Gasteiger partial charge in [-0.25, -0.2) is 14.9 Å². The van der Waals surface area contributed by atoms with Crippen LogP contribution in [-0.4, -0.2) is 30.8 Å². The van der Waals surface area contributed by atoms with Gasteiger partial charge in [-0.1, -0.05) is 77.1 Å². The number of hydrogen-bond acceptors (Lipinski definition) is 4. The first kappa shape index (κ1) is 23.4. The number of rotatable bonds is 6. The van der Waals surface area contributed by atoms with E-state index in [4.69, 9.17) is 4.98 Å². The van der Waals surface area contributed by atoms with Crippen LogP contribution in [-0.2, 0) is 13.0 Å². The number of nitrogens with one attached hydrogen (secondary N) is 1. The van der Waals surface area contributed by atoms with Crippen LogP contribution in [0, 0.1) is 5.41 Å². The molecule has 0 spiro atoms. The summed E-state index contributed by atoms with van der Waals surface area (Å²) in [7, 11) is 0. The van der Waals surface area contributed by atoms with Crippen LogP contribution in [0.4, 0.5) is 0 Å². The van der Waals surface area contributed by atoms with Gasteiger partial charge in [0.15, 0.2) is 0 Å². The molecule has 0 amide bonds. The van der Waals surface area contributed by atoms with E-state index in [9.17, 15) is 14.7 Å². The largest absolute Gasteiger partial charge is 0.478 e. The van der Waals surface area contributed by atoms with Gasteiger partial charge in [0, 0.05) is 13.0 Å². The summed E-state index contributed by atoms with van der Waals surface area (Å²) in [6.07, 6.45) is 0.711. The summed E-state index contributed by atoms with van der Waals surface area (Å²) in [5.41, 5.74) is 4.48. The maximum Gasteiger partial charge on any atom is 0.336 e. The summed E-state index contributed by atoms with van der Waals surface area (Å²) < 4.78 is 1.99. The van der Waals surface area contributed by atoms with Crippen molar-refractivity contribution in [2.45, 2.75) is 53.5 Å². The van der Waals surface area contributed by atoms with E-state index in [0.29, 0.717) is 29.6 Å². The number of benzene rings is 2. The standard InChI is InChI=1S/C27H30N4O3/c1-16(2)22-23-24(25(32)30-29-22)31(21(28-23)14-27(3,4)5)15-17-10-12-18(13-11-17)19-8-6-7-9-20(19)26(33)34/h6-13,16H,14-15H2,1-5H3,(H,30,32)(H,33,34). The van der Waals surface area contributed by atoms with E-state index in [-0.39, 0.29) is 22.5 Å². The van der Waals surface area contributed by atoms with Gasteiger partial charge in [0.2, 0.25) is 0 Å². The fourth-order valence-corrected chi connectivity index (χ4v) is 4.20. The molecule has 2 aromatic carbocycles. The van der Waals surface area contributed by atoms with Crippen molar-refractivity contribution >= 4 is 17.0 Å². The smallest absolute Gasteiger partial charge is 0.336 e. The molecule has 7 nitrogen and oxygen atoms in total. The van der Waals surface area contributed by atoms with Crippen LogP contribution in [0.1, 0.15) is 68.0 Å². The molecule has 2 N–H and O–H groups in total. The van der Waals surface area contributed by atoms with Gasteiger partial charge in [0.1, 0.15) is 16.9 Å². The number of aromatic nitrogens is 4. The lowest BCUT2D eigenvalue weighted by atomic mass is 9.92. The van der Waals surface area contributed by atoms with E-state index >= 15 is 0 Å². The SMILES string of the molecule is CC(C)c1n[nH]c(=O)c2c1nc(CC(C)(C)C)n2Cc1ccc(-c2ccccc2C(=O)O)cc1. The van der Waals surface area contributed by atoms with E-state index < -0.39 is 5.97 Å². The van der Waals surface area contributed by atoms with Crippen LogP contribution in [0.2, 0.25) is 0 Å². The lowest BCUT2D eigenvalue weighted by Crippen LogP contribution is -2.18. The minimum Gasteiger partial charge on any atom is -0.478 e. The molecule has 0 fully saturated rings. The first-order chi connectivity index (χ1) is 16.0. The third-order valence-corrected chi connectivity index (χ3v) is 5.78. The first-order valence-corrected chi connectivity index (χ1v) is 11.4. The molecular formula is C27H30N4O3. The molecule has 0 aliphatic carbocycles. The highest BCUT2D eigenvalue weighted by atomic mass is 16.4. The number of carbonyl (C=O) groups is 1. The van der Waals surface area contributed by atoms with Crippen molar-refractivity contribution < 1.29 is 9.90 Å². The number of H-pyrrole nitrogens is 1. The minimum atomic E-state index is -0.954. The molecule has 7 heteroatoms. The molecule has 176 valence electrons. The molecule has 4 aromatic rings. The predicted molar refractivity (Wildman–Crippen MR) is 133 cm³/mol. The molecular weight excluding hydrogens is 428 g/mol. The van der Waals surface area contributed by atoms with Crippen molar-refractivity contribution in [1.82, 2.24) is 19.7 Å². The van der Waals surface area contributed by atoms with Crippen molar-refractivity contribution in [3.63, 3.8) is 0 Å². The molecule has 0 radical (unpaired) electrons. The van der Waals surface area contributed by atoms with Crippen molar-refractivity contribution in [2.75, 3.05) is 0 Å². The van der Waals surface area contributed by atoms with Gasteiger partial charge in [-0.3, -0.25) is 4.79 Å². The Labute approximate surface area is 198 Å². The summed E-state index contributed by atoms with van der Waals surface area (Å²) in [4.78, 5) is 29.3. The molecule has 0 bridgehead atoms. The number of carboxylic acid groups (broad SMARTS) is 1. The van der Waals surface area contributed by atoms with Gasteiger partial charge in [-0.05, 0) is 34.1 Å². The number of aromatic carboxylic acids is 1. The zero-order valence-corrected chi connectivity index (χ0v) is 20.2. The quantitative estimate of drug-likeness (QED) is 0.411. The van der Waals surface area contributed by atoms with Gasteiger partial charge >= 0.3 is 5.97 Å². The fraction of sp³-hybridized carbons (Fsp3) is 0.333. The van der Waals surface area contributed by atoms with E-state index in [1.165, 1.54) is 0 Å². The number of fused-ring (bicyclic) bond motifs is 1. The lowest BCUT2D eigenvalue weighted by molar-refractivity contribution is 0.0697. The van der Waals surface area contributed by atoms with Crippen LogP contribution in [0.3, 0.4) is 0 Å². The summed E-state index contributed by atoms with van der Waals surface area (Å²) in [5.74, 6) is 0.0205. The Bertz CT molecular complexity index is 1410. The normalized spacial score (nSPS) is 11.9. The van der Waals surface area contributed by atoms with Gasteiger partial charge in [-0.2, -0.15) is 5.10 Å². The minimum absolute atomic E-state index is 0.0122. The fourth-order valence-electron chi connectivity index (χ4n) is 4.20. The van der Waals surface area contributed by atoms with E-state index in [0.717, 1.165) is 22.6 Å². The summed E-state index contributed by atoms with van der Waals surface area (Å²) >= 11 is 0. The molecule has 0 unspecified atom stereocenters. The van der Waals surface area contributed by atoms with E-state index in [1.807, 2.05) is 54.8 Å². The molecule has 2 aromatic heterocycles. The van der Waals surface area contributed by atoms with Crippen molar-refractivity contribution in [3.05, 3.63) is 81.5 Å². The average molecular weight is 459 g/mol. The topological polar surface area (TPSA) is 101 Å². The summed E-state index contributed by atoms with van der Waals surface area (Å²) in [6.45, 7) is 11.0. The molecule has 0 atom stereocenters. The van der Waals surface area contributed by atoms with Gasteiger partial charge in [0.05, 0.1) is 11.3 Å². The number of nitrogens with zero attached hydrogens (tertiary/aromatic N) is 3. The molecule has 4 rings (SSSR count). The van der Waals surface area contributed by atoms with E-state index in [1.54, 1.807) is 12.1 Å². The van der Waals surface area contributed by atoms with Crippen LogP contribution >= 0.6 is 0 Å². The maximum atomic E-state index is 12.8. The van der Waals surface area contributed by atoms with Crippen LogP contribution in [0.5, 0.6) is 0 Å². The second kappa shape index (κ2) is 8.89. The number of aromatic amines is 1. The molecule has 34 heavy (non-hydrogen) atoms. The van der Waals surface area contributed by atoms with Crippen molar-refractivity contribution in [2.24, 2.45) is 5.41 Å². The Kier molecular flexibility index (Phi) is 6.13.